The van der Waals surface area contributed by atoms with Crippen LogP contribution in [0.1, 0.15) is 6.42 Å². The predicted octanol–water partition coefficient (Wildman–Crippen LogP) is 2.48. The quantitative estimate of drug-likeness (QED) is 0.806. The monoisotopic (exact) mass is 300 g/mol. The van der Waals surface area contributed by atoms with Crippen LogP contribution in [-0.4, -0.2) is 58.3 Å². The molecule has 0 aliphatic carbocycles. The van der Waals surface area contributed by atoms with E-state index >= 15 is 0 Å². The molecule has 0 amide bonds. The standard InChI is InChI=1S/C15H22F2N2O2/c1-18(10-15(16)17)11-4-5-19(9-11)12-6-13(20-2)8-14(7-12)21-3/h6-8,11,15H,4-5,9-10H2,1-3H3/t11-/m1/s1. The number of hydrogen-bond donors (Lipinski definition) is 0. The Morgan fingerprint density at radius 3 is 2.38 bits per heavy atom. The lowest BCUT2D eigenvalue weighted by Crippen LogP contribution is -2.37. The average Bonchev–Trinajstić information content (AvgIpc) is 2.96. The molecule has 0 N–H and O–H groups in total. The van der Waals surface area contributed by atoms with Crippen molar-refractivity contribution in [3.63, 3.8) is 0 Å². The van der Waals surface area contributed by atoms with Crippen LogP contribution in [0.4, 0.5) is 14.5 Å². The molecule has 118 valence electrons. The third kappa shape index (κ3) is 3.97. The number of rotatable bonds is 6. The molecule has 1 aliphatic rings. The number of methoxy groups -OCH3 is 2. The van der Waals surface area contributed by atoms with Gasteiger partial charge in [0, 0.05) is 43.0 Å². The summed E-state index contributed by atoms with van der Waals surface area (Å²) in [5, 5.41) is 0. The third-order valence-electron chi connectivity index (χ3n) is 3.91. The number of alkyl halides is 2. The first-order valence-corrected chi connectivity index (χ1v) is 7.00. The van der Waals surface area contributed by atoms with Gasteiger partial charge in [-0.05, 0) is 13.5 Å². The zero-order valence-corrected chi connectivity index (χ0v) is 12.7. The highest BCUT2D eigenvalue weighted by atomic mass is 19.3. The lowest BCUT2D eigenvalue weighted by atomic mass is 10.2. The Morgan fingerprint density at radius 1 is 1.24 bits per heavy atom. The maximum absolute atomic E-state index is 12.5. The molecule has 0 radical (unpaired) electrons. The maximum atomic E-state index is 12.5. The number of benzene rings is 1. The Balaban J connectivity index is 2.07. The fourth-order valence-corrected chi connectivity index (χ4v) is 2.68. The fraction of sp³-hybridized carbons (Fsp3) is 0.600. The van der Waals surface area contributed by atoms with Crippen molar-refractivity contribution in [2.24, 2.45) is 0 Å². The summed E-state index contributed by atoms with van der Waals surface area (Å²) in [5.41, 5.74) is 0.999. The lowest BCUT2D eigenvalue weighted by Gasteiger charge is -2.25. The number of likely N-dealkylation sites (N-methyl/N-ethyl adjacent to an activating group) is 1. The van der Waals surface area contributed by atoms with Crippen molar-refractivity contribution in [3.8, 4) is 11.5 Å². The van der Waals surface area contributed by atoms with E-state index in [4.69, 9.17) is 9.47 Å². The largest absolute Gasteiger partial charge is 0.497 e. The van der Waals surface area contributed by atoms with Crippen LogP contribution in [0.3, 0.4) is 0 Å². The van der Waals surface area contributed by atoms with Crippen molar-refractivity contribution in [2.75, 3.05) is 45.8 Å². The first kappa shape index (κ1) is 15.8. The van der Waals surface area contributed by atoms with Crippen LogP contribution in [0.2, 0.25) is 0 Å². The van der Waals surface area contributed by atoms with E-state index in [2.05, 4.69) is 4.90 Å². The minimum Gasteiger partial charge on any atom is -0.497 e. The first-order chi connectivity index (χ1) is 10.0. The van der Waals surface area contributed by atoms with E-state index in [1.165, 1.54) is 0 Å². The van der Waals surface area contributed by atoms with Gasteiger partial charge in [-0.1, -0.05) is 0 Å². The number of anilines is 1. The van der Waals surface area contributed by atoms with Crippen molar-refractivity contribution in [2.45, 2.75) is 18.9 Å². The maximum Gasteiger partial charge on any atom is 0.251 e. The van der Waals surface area contributed by atoms with E-state index in [1.807, 2.05) is 18.2 Å². The molecule has 1 heterocycles. The second-order valence-corrected chi connectivity index (χ2v) is 5.29. The average molecular weight is 300 g/mol. The molecule has 1 aromatic rings. The predicted molar refractivity (Wildman–Crippen MR) is 78.8 cm³/mol. The molecule has 0 bridgehead atoms. The van der Waals surface area contributed by atoms with Gasteiger partial charge in [-0.15, -0.1) is 0 Å². The van der Waals surface area contributed by atoms with Gasteiger partial charge in [-0.3, -0.25) is 4.90 Å². The van der Waals surface area contributed by atoms with E-state index < -0.39 is 6.43 Å². The molecule has 1 atom stereocenters. The van der Waals surface area contributed by atoms with Crippen LogP contribution < -0.4 is 14.4 Å². The summed E-state index contributed by atoms with van der Waals surface area (Å²) in [6.45, 7) is 1.40. The zero-order valence-electron chi connectivity index (χ0n) is 12.7. The Labute approximate surface area is 124 Å². The summed E-state index contributed by atoms with van der Waals surface area (Å²) in [7, 11) is 4.98. The van der Waals surface area contributed by atoms with Crippen molar-refractivity contribution < 1.29 is 18.3 Å². The molecule has 0 aromatic heterocycles. The molecular formula is C15H22F2N2O2. The van der Waals surface area contributed by atoms with E-state index in [-0.39, 0.29) is 12.6 Å². The number of ether oxygens (including phenoxy) is 2. The highest BCUT2D eigenvalue weighted by Gasteiger charge is 2.27. The molecular weight excluding hydrogens is 278 g/mol. The van der Waals surface area contributed by atoms with Gasteiger partial charge in [-0.25, -0.2) is 8.78 Å². The lowest BCUT2D eigenvalue weighted by molar-refractivity contribution is 0.0849. The zero-order chi connectivity index (χ0) is 15.4. The van der Waals surface area contributed by atoms with Gasteiger partial charge in [0.05, 0.1) is 20.8 Å². The molecule has 0 saturated carbocycles. The smallest absolute Gasteiger partial charge is 0.251 e. The molecule has 0 spiro atoms. The molecule has 21 heavy (non-hydrogen) atoms. The summed E-state index contributed by atoms with van der Waals surface area (Å²) >= 11 is 0. The van der Waals surface area contributed by atoms with Crippen LogP contribution in [0, 0.1) is 0 Å². The topological polar surface area (TPSA) is 24.9 Å². The molecule has 2 rings (SSSR count). The summed E-state index contributed by atoms with van der Waals surface area (Å²) in [6.07, 6.45) is -1.41. The van der Waals surface area contributed by atoms with Gasteiger partial charge in [-0.2, -0.15) is 0 Å². The van der Waals surface area contributed by atoms with Crippen LogP contribution >= 0.6 is 0 Å². The van der Waals surface area contributed by atoms with Gasteiger partial charge < -0.3 is 14.4 Å². The van der Waals surface area contributed by atoms with Crippen molar-refractivity contribution in [1.82, 2.24) is 4.90 Å². The van der Waals surface area contributed by atoms with Crippen LogP contribution in [0.15, 0.2) is 18.2 Å². The number of nitrogens with zero attached hydrogens (tertiary/aromatic N) is 2. The highest BCUT2D eigenvalue weighted by molar-refractivity contribution is 5.56. The number of halogens is 2. The summed E-state index contributed by atoms with van der Waals surface area (Å²) < 4.78 is 35.5. The normalized spacial score (nSPS) is 18.6. The minimum atomic E-state index is -2.29. The van der Waals surface area contributed by atoms with Crippen molar-refractivity contribution in [1.29, 1.82) is 0 Å². The van der Waals surface area contributed by atoms with Crippen LogP contribution in [0.25, 0.3) is 0 Å². The molecule has 0 unspecified atom stereocenters. The Hall–Kier alpha value is -1.56. The van der Waals surface area contributed by atoms with Gasteiger partial charge in [0.2, 0.25) is 0 Å². The van der Waals surface area contributed by atoms with Gasteiger partial charge in [0.1, 0.15) is 11.5 Å². The van der Waals surface area contributed by atoms with E-state index in [0.717, 1.165) is 36.7 Å². The Kier molecular flexibility index (Phi) is 5.22. The Morgan fingerprint density at radius 2 is 1.86 bits per heavy atom. The minimum absolute atomic E-state index is 0.149. The van der Waals surface area contributed by atoms with Crippen molar-refractivity contribution >= 4 is 5.69 Å². The number of hydrogen-bond acceptors (Lipinski definition) is 4. The highest BCUT2D eigenvalue weighted by Crippen LogP contribution is 2.31. The SMILES string of the molecule is COc1cc(OC)cc(N2CC[C@@H](N(C)CC(F)F)C2)c1. The second kappa shape index (κ2) is 6.93. The van der Waals surface area contributed by atoms with E-state index in [0.29, 0.717) is 0 Å². The fourth-order valence-electron chi connectivity index (χ4n) is 2.68. The molecule has 1 saturated heterocycles. The molecule has 6 heteroatoms. The summed E-state index contributed by atoms with van der Waals surface area (Å²) in [4.78, 5) is 3.92. The van der Waals surface area contributed by atoms with E-state index in [1.54, 1.807) is 26.2 Å². The summed E-state index contributed by atoms with van der Waals surface area (Å²) in [6, 6.07) is 5.85. The molecule has 1 aromatic carbocycles. The van der Waals surface area contributed by atoms with Crippen molar-refractivity contribution in [3.05, 3.63) is 18.2 Å². The second-order valence-electron chi connectivity index (χ2n) is 5.29. The third-order valence-corrected chi connectivity index (χ3v) is 3.91. The molecule has 1 fully saturated rings. The Bertz CT molecular complexity index is 449. The van der Waals surface area contributed by atoms with Gasteiger partial charge in [0.15, 0.2) is 0 Å². The summed E-state index contributed by atoms with van der Waals surface area (Å²) in [5.74, 6) is 1.46. The van der Waals surface area contributed by atoms with Crippen LogP contribution in [0.5, 0.6) is 11.5 Å². The van der Waals surface area contributed by atoms with Crippen LogP contribution in [-0.2, 0) is 0 Å². The van der Waals surface area contributed by atoms with Gasteiger partial charge in [0.25, 0.3) is 6.43 Å². The van der Waals surface area contributed by atoms with E-state index in [9.17, 15) is 8.78 Å². The molecule has 1 aliphatic heterocycles. The van der Waals surface area contributed by atoms with Gasteiger partial charge >= 0.3 is 0 Å². The first-order valence-electron chi connectivity index (χ1n) is 7.00. The molecule has 4 nitrogen and oxygen atoms in total.